The second-order valence-corrected chi connectivity index (χ2v) is 7.15. The zero-order valence-corrected chi connectivity index (χ0v) is 15.4. The lowest BCUT2D eigenvalue weighted by Crippen LogP contribution is -2.54. The van der Waals surface area contributed by atoms with Crippen molar-refractivity contribution >= 4 is 34.9 Å². The molecule has 0 aliphatic carbocycles. The van der Waals surface area contributed by atoms with Crippen LogP contribution in [0.3, 0.4) is 0 Å². The summed E-state index contributed by atoms with van der Waals surface area (Å²) in [5.74, 6) is 0.188. The molecule has 0 aromatic heterocycles. The molecule has 3 aliphatic heterocycles. The Morgan fingerprint density at radius 2 is 2.04 bits per heavy atom. The molecule has 0 spiro atoms. The minimum Gasteiger partial charge on any atom is -0.462 e. The van der Waals surface area contributed by atoms with Crippen LogP contribution in [0.2, 0.25) is 0 Å². The highest BCUT2D eigenvalue weighted by atomic mass is 16.5. The summed E-state index contributed by atoms with van der Waals surface area (Å²) in [5.41, 5.74) is 4.08. The predicted molar refractivity (Wildman–Crippen MR) is 101 cm³/mol. The highest BCUT2D eigenvalue weighted by molar-refractivity contribution is 6.51. The Bertz CT molecular complexity index is 877. The average molecular weight is 370 g/mol. The van der Waals surface area contributed by atoms with Crippen molar-refractivity contribution in [3.63, 3.8) is 0 Å². The molecule has 1 aromatic rings. The Morgan fingerprint density at radius 1 is 1.26 bits per heavy atom. The fourth-order valence-corrected chi connectivity index (χ4v) is 3.62. The minimum atomic E-state index is -1.20. The summed E-state index contributed by atoms with van der Waals surface area (Å²) in [6, 6.07) is 3.38. The van der Waals surface area contributed by atoms with Crippen LogP contribution in [0, 0.1) is 13.8 Å². The van der Waals surface area contributed by atoms with Crippen LogP contribution in [0.5, 0.6) is 0 Å². The third-order valence-electron chi connectivity index (χ3n) is 5.21. The van der Waals surface area contributed by atoms with Crippen LogP contribution in [0.1, 0.15) is 36.8 Å². The van der Waals surface area contributed by atoms with Gasteiger partial charge in [0.25, 0.3) is 0 Å². The van der Waals surface area contributed by atoms with Gasteiger partial charge in [-0.25, -0.2) is 9.79 Å². The van der Waals surface area contributed by atoms with Gasteiger partial charge in [0.05, 0.1) is 11.4 Å². The number of carbonyl (C=O) groups is 2. The summed E-state index contributed by atoms with van der Waals surface area (Å²) in [5, 5.41) is 12.6. The molecule has 0 saturated carbocycles. The number of nitrogens with one attached hydrogen (secondary N) is 1. The fraction of sp³-hybridized carbons (Fsp3) is 0.474. The number of fused-ring (bicyclic) bond motifs is 2. The van der Waals surface area contributed by atoms with E-state index in [2.05, 4.69) is 15.3 Å². The first-order valence-electron chi connectivity index (χ1n) is 9.17. The Kier molecular flexibility index (Phi) is 4.43. The maximum Gasteiger partial charge on any atom is 0.345 e. The van der Waals surface area contributed by atoms with Crippen molar-refractivity contribution in [1.29, 1.82) is 0 Å². The van der Waals surface area contributed by atoms with E-state index in [0.29, 0.717) is 30.9 Å². The van der Waals surface area contributed by atoms with E-state index in [0.717, 1.165) is 35.3 Å². The van der Waals surface area contributed by atoms with Gasteiger partial charge in [0.1, 0.15) is 11.8 Å². The molecular weight excluding hydrogens is 348 g/mol. The number of benzene rings is 1. The molecule has 4 rings (SSSR count). The van der Waals surface area contributed by atoms with Crippen molar-refractivity contribution in [3.05, 3.63) is 23.3 Å². The van der Waals surface area contributed by atoms with Crippen LogP contribution < -0.4 is 10.2 Å². The number of carbonyl (C=O) groups excluding carboxylic acids is 2. The SMILES string of the molecule is Cc1cc2c(cc1C)N(CCC1CCCC(=O)O1)C1=NC(=O)NC(O)C1=N2. The number of amidine groups is 1. The third kappa shape index (κ3) is 3.32. The van der Waals surface area contributed by atoms with Gasteiger partial charge in [0.15, 0.2) is 12.1 Å². The van der Waals surface area contributed by atoms with E-state index >= 15 is 0 Å². The molecule has 0 radical (unpaired) electrons. The van der Waals surface area contributed by atoms with Gasteiger partial charge < -0.3 is 20.1 Å². The summed E-state index contributed by atoms with van der Waals surface area (Å²) in [6.45, 7) is 4.52. The Morgan fingerprint density at radius 3 is 2.81 bits per heavy atom. The van der Waals surface area contributed by atoms with Crippen LogP contribution in [0.15, 0.2) is 22.1 Å². The zero-order valence-electron chi connectivity index (χ0n) is 15.4. The molecule has 1 fully saturated rings. The first-order valence-corrected chi connectivity index (χ1v) is 9.17. The second kappa shape index (κ2) is 6.77. The first kappa shape index (κ1) is 17.7. The second-order valence-electron chi connectivity index (χ2n) is 7.15. The monoisotopic (exact) mass is 370 g/mol. The number of nitrogens with zero attached hydrogens (tertiary/aromatic N) is 3. The molecular formula is C19H22N4O4. The van der Waals surface area contributed by atoms with Gasteiger partial charge in [0.2, 0.25) is 0 Å². The number of aliphatic hydroxyl groups is 1. The molecule has 0 bridgehead atoms. The number of esters is 1. The maximum atomic E-state index is 11.8. The quantitative estimate of drug-likeness (QED) is 0.793. The average Bonchev–Trinajstić information content (AvgIpc) is 2.61. The Balaban J connectivity index is 1.69. The minimum absolute atomic E-state index is 0.147. The molecule has 2 amide bonds. The highest BCUT2D eigenvalue weighted by Crippen LogP contribution is 2.37. The Labute approximate surface area is 156 Å². The molecule has 2 atom stereocenters. The number of aryl methyl sites for hydroxylation is 2. The standard InChI is InChI=1S/C19H22N4O4/c1-10-8-13-14(9-11(10)2)23(7-6-12-4-3-5-15(24)27-12)17-16(20-13)18(25)22-19(26)21-17/h8-9,12,18,25H,3-7H2,1-2H3,(H,22,26). The first-order chi connectivity index (χ1) is 12.9. The molecule has 1 saturated heterocycles. The van der Waals surface area contributed by atoms with Crippen molar-refractivity contribution in [2.24, 2.45) is 9.98 Å². The molecule has 3 heterocycles. The molecule has 8 heteroatoms. The molecule has 1 aromatic carbocycles. The largest absolute Gasteiger partial charge is 0.462 e. The third-order valence-corrected chi connectivity index (χ3v) is 5.21. The summed E-state index contributed by atoms with van der Waals surface area (Å²) >= 11 is 0. The zero-order chi connectivity index (χ0) is 19.1. The van der Waals surface area contributed by atoms with E-state index in [4.69, 9.17) is 4.74 Å². The summed E-state index contributed by atoms with van der Waals surface area (Å²) in [4.78, 5) is 33.9. The van der Waals surface area contributed by atoms with E-state index in [9.17, 15) is 14.7 Å². The smallest absolute Gasteiger partial charge is 0.345 e. The lowest BCUT2D eigenvalue weighted by atomic mass is 10.0. The highest BCUT2D eigenvalue weighted by Gasteiger charge is 2.36. The number of amides is 2. The van der Waals surface area contributed by atoms with Gasteiger partial charge >= 0.3 is 12.0 Å². The number of hydrogen-bond donors (Lipinski definition) is 2. The van der Waals surface area contributed by atoms with E-state index < -0.39 is 12.3 Å². The van der Waals surface area contributed by atoms with Crippen molar-refractivity contribution in [2.45, 2.75) is 51.9 Å². The van der Waals surface area contributed by atoms with Gasteiger partial charge in [-0.1, -0.05) is 0 Å². The summed E-state index contributed by atoms with van der Waals surface area (Å²) in [7, 11) is 0. The van der Waals surface area contributed by atoms with E-state index in [1.807, 2.05) is 30.9 Å². The predicted octanol–water partition coefficient (Wildman–Crippen LogP) is 2.12. The lowest BCUT2D eigenvalue weighted by Gasteiger charge is -2.36. The van der Waals surface area contributed by atoms with Crippen LogP contribution >= 0.6 is 0 Å². The molecule has 27 heavy (non-hydrogen) atoms. The van der Waals surface area contributed by atoms with Crippen molar-refractivity contribution < 1.29 is 19.4 Å². The number of aliphatic hydroxyl groups excluding tert-OH is 1. The van der Waals surface area contributed by atoms with Gasteiger partial charge in [-0.05, 0) is 49.9 Å². The number of urea groups is 1. The van der Waals surface area contributed by atoms with Crippen LogP contribution in [0.25, 0.3) is 0 Å². The van der Waals surface area contributed by atoms with Crippen molar-refractivity contribution in [3.8, 4) is 0 Å². The van der Waals surface area contributed by atoms with E-state index in [-0.39, 0.29) is 12.1 Å². The van der Waals surface area contributed by atoms with Crippen LogP contribution in [-0.2, 0) is 9.53 Å². The normalized spacial score (nSPS) is 24.3. The molecule has 2 unspecified atom stereocenters. The molecule has 142 valence electrons. The van der Waals surface area contributed by atoms with Crippen molar-refractivity contribution in [2.75, 3.05) is 11.4 Å². The number of hydrogen-bond acceptors (Lipinski definition) is 6. The number of aliphatic imine (C=N–C) groups is 2. The summed E-state index contributed by atoms with van der Waals surface area (Å²) < 4.78 is 5.42. The number of cyclic esters (lactones) is 1. The molecule has 3 aliphatic rings. The lowest BCUT2D eigenvalue weighted by molar-refractivity contribution is -0.153. The fourth-order valence-electron chi connectivity index (χ4n) is 3.62. The van der Waals surface area contributed by atoms with E-state index in [1.165, 1.54) is 0 Å². The van der Waals surface area contributed by atoms with Crippen molar-refractivity contribution in [1.82, 2.24) is 5.32 Å². The van der Waals surface area contributed by atoms with Gasteiger partial charge in [0, 0.05) is 19.4 Å². The molecule has 2 N–H and O–H groups in total. The summed E-state index contributed by atoms with van der Waals surface area (Å²) in [6.07, 6.45) is 1.39. The molecule has 8 nitrogen and oxygen atoms in total. The van der Waals surface area contributed by atoms with Gasteiger partial charge in [-0.2, -0.15) is 4.99 Å². The number of ether oxygens (including phenoxy) is 1. The van der Waals surface area contributed by atoms with Crippen LogP contribution in [-0.4, -0.2) is 47.5 Å². The van der Waals surface area contributed by atoms with Crippen LogP contribution in [0.4, 0.5) is 16.2 Å². The van der Waals surface area contributed by atoms with Gasteiger partial charge in [-0.15, -0.1) is 0 Å². The number of rotatable bonds is 3. The number of anilines is 1. The van der Waals surface area contributed by atoms with Gasteiger partial charge in [-0.3, -0.25) is 4.79 Å². The maximum absolute atomic E-state index is 11.8. The topological polar surface area (TPSA) is 104 Å². The Hall–Kier alpha value is -2.74. The van der Waals surface area contributed by atoms with E-state index in [1.54, 1.807) is 0 Å².